The summed E-state index contributed by atoms with van der Waals surface area (Å²) in [6.45, 7) is 15.9. The normalized spacial score (nSPS) is 12.6. The number of nitrogen functional groups attached to an aromatic ring is 1. The van der Waals surface area contributed by atoms with E-state index in [1.807, 2.05) is 0 Å². The van der Waals surface area contributed by atoms with Crippen LogP contribution in [0.5, 0.6) is 0 Å². The van der Waals surface area contributed by atoms with Crippen LogP contribution in [0.15, 0.2) is 24.3 Å². The molecule has 2 rings (SSSR count). The third kappa shape index (κ3) is 11.4. The van der Waals surface area contributed by atoms with E-state index in [-0.39, 0.29) is 18.1 Å². The van der Waals surface area contributed by atoms with Gasteiger partial charge in [-0.15, -0.1) is 13.2 Å². The highest BCUT2D eigenvalue weighted by Crippen LogP contribution is 2.40. The lowest BCUT2D eigenvalue weighted by atomic mass is 9.98. The van der Waals surface area contributed by atoms with E-state index in [2.05, 4.69) is 28.1 Å². The van der Waals surface area contributed by atoms with Crippen LogP contribution in [-0.4, -0.2) is 64.9 Å². The van der Waals surface area contributed by atoms with Gasteiger partial charge in [0.1, 0.15) is 0 Å². The van der Waals surface area contributed by atoms with E-state index in [1.54, 1.807) is 46.1 Å². The van der Waals surface area contributed by atoms with Crippen molar-refractivity contribution in [3.8, 4) is 0 Å². The second kappa shape index (κ2) is 15.6. The highest BCUT2D eigenvalue weighted by molar-refractivity contribution is 7.41. The molecule has 15 heteroatoms. The van der Waals surface area contributed by atoms with Gasteiger partial charge in [0, 0.05) is 13.7 Å². The molecule has 2 aromatic heterocycles. The summed E-state index contributed by atoms with van der Waals surface area (Å²) in [4.78, 5) is 46.6. The zero-order valence-corrected chi connectivity index (χ0v) is 24.5. The van der Waals surface area contributed by atoms with E-state index in [0.29, 0.717) is 18.6 Å². The van der Waals surface area contributed by atoms with Crippen molar-refractivity contribution in [2.24, 2.45) is 10.8 Å². The Bertz CT molecular complexity index is 1090. The zero-order chi connectivity index (χ0) is 29.8. The van der Waals surface area contributed by atoms with E-state index in [0.717, 1.165) is 0 Å². The fourth-order valence-corrected chi connectivity index (χ4v) is 3.41. The number of nitrogens with one attached hydrogen (secondary N) is 1. The molecule has 0 bridgehead atoms. The summed E-state index contributed by atoms with van der Waals surface area (Å²) in [7, 11) is -0.537. The topological polar surface area (TPSA) is 179 Å². The maximum absolute atomic E-state index is 12.0. The SMILES string of the molecule is C=C.COC(CCn1cnc2c(=O)[nH]c(N)nc21)COP(OCOC(=O)C(C)(C)C)OCOC(=O)C(C)(C)C. The number of aromatic amines is 1. The minimum Gasteiger partial charge on any atom is -0.438 e. The van der Waals surface area contributed by atoms with Gasteiger partial charge in [-0.25, -0.2) is 4.98 Å². The van der Waals surface area contributed by atoms with Crippen molar-refractivity contribution < 1.29 is 37.4 Å². The molecule has 0 saturated carbocycles. The maximum Gasteiger partial charge on any atom is 0.338 e. The highest BCUT2D eigenvalue weighted by atomic mass is 31.2. The molecule has 3 N–H and O–H groups in total. The van der Waals surface area contributed by atoms with Crippen molar-refractivity contribution in [3.63, 3.8) is 0 Å². The largest absolute Gasteiger partial charge is 0.438 e. The van der Waals surface area contributed by atoms with Crippen LogP contribution >= 0.6 is 8.60 Å². The van der Waals surface area contributed by atoms with Gasteiger partial charge in [0.05, 0.1) is 29.9 Å². The van der Waals surface area contributed by atoms with E-state index in [9.17, 15) is 14.4 Å². The molecule has 0 aliphatic carbocycles. The summed E-state index contributed by atoms with van der Waals surface area (Å²) in [5.41, 5.74) is 4.33. The van der Waals surface area contributed by atoms with E-state index < -0.39 is 56.6 Å². The van der Waals surface area contributed by atoms with Gasteiger partial charge in [0.15, 0.2) is 11.2 Å². The minimum absolute atomic E-state index is 0.00913. The van der Waals surface area contributed by atoms with Crippen LogP contribution in [0.4, 0.5) is 5.95 Å². The van der Waals surface area contributed by atoms with Crippen molar-refractivity contribution in [1.29, 1.82) is 0 Å². The number of H-pyrrole nitrogens is 1. The summed E-state index contributed by atoms with van der Waals surface area (Å²) in [5, 5.41) is 0. The van der Waals surface area contributed by atoms with Gasteiger partial charge in [-0.05, 0) is 48.0 Å². The Kier molecular flexibility index (Phi) is 13.7. The van der Waals surface area contributed by atoms with Crippen molar-refractivity contribution in [2.75, 3.05) is 33.0 Å². The number of aromatic nitrogens is 4. The van der Waals surface area contributed by atoms with Gasteiger partial charge in [-0.1, -0.05) is 0 Å². The fraction of sp³-hybridized carbons (Fsp3) is 0.625. The number of fused-ring (bicyclic) bond motifs is 1. The summed E-state index contributed by atoms with van der Waals surface area (Å²) < 4.78 is 34.0. The van der Waals surface area contributed by atoms with Gasteiger partial charge in [-0.3, -0.25) is 28.4 Å². The molecular weight excluding hydrogens is 533 g/mol. The lowest BCUT2D eigenvalue weighted by molar-refractivity contribution is -0.162. The van der Waals surface area contributed by atoms with Crippen LogP contribution in [0.1, 0.15) is 48.0 Å². The predicted molar refractivity (Wildman–Crippen MR) is 145 cm³/mol. The maximum atomic E-state index is 12.0. The lowest BCUT2D eigenvalue weighted by Gasteiger charge is -2.22. The Hall–Kier alpha value is -2.90. The van der Waals surface area contributed by atoms with E-state index in [1.165, 1.54) is 13.4 Å². The van der Waals surface area contributed by atoms with Gasteiger partial charge < -0.3 is 29.0 Å². The Morgan fingerprint density at radius 2 is 1.59 bits per heavy atom. The molecule has 0 aromatic carbocycles. The first-order valence-electron chi connectivity index (χ1n) is 12.0. The Morgan fingerprint density at radius 3 is 2.08 bits per heavy atom. The number of nitrogens with zero attached hydrogens (tertiary/aromatic N) is 3. The Morgan fingerprint density at radius 1 is 1.05 bits per heavy atom. The van der Waals surface area contributed by atoms with Gasteiger partial charge in [0.25, 0.3) is 5.56 Å². The molecule has 0 radical (unpaired) electrons. The number of hydrogen-bond acceptors (Lipinski definition) is 12. The Balaban J connectivity index is 0.00000371. The Labute approximate surface area is 229 Å². The van der Waals surface area contributed by atoms with Crippen molar-refractivity contribution in [1.82, 2.24) is 19.5 Å². The smallest absolute Gasteiger partial charge is 0.338 e. The summed E-state index contributed by atoms with van der Waals surface area (Å²) >= 11 is 0. The number of aryl methyl sites for hydroxylation is 1. The molecule has 14 nitrogen and oxygen atoms in total. The van der Waals surface area contributed by atoms with Gasteiger partial charge in [-0.2, -0.15) is 4.98 Å². The summed E-state index contributed by atoms with van der Waals surface area (Å²) in [6, 6.07) is 0. The van der Waals surface area contributed by atoms with Crippen LogP contribution < -0.4 is 11.3 Å². The highest BCUT2D eigenvalue weighted by Gasteiger charge is 2.26. The third-order valence-electron chi connectivity index (χ3n) is 4.81. The molecule has 220 valence electrons. The lowest BCUT2D eigenvalue weighted by Crippen LogP contribution is -2.25. The average Bonchev–Trinajstić information content (AvgIpc) is 3.26. The monoisotopic (exact) mass is 573 g/mol. The molecule has 1 atom stereocenters. The second-order valence-corrected chi connectivity index (χ2v) is 11.3. The molecule has 2 heterocycles. The quantitative estimate of drug-likeness (QED) is 0.155. The standard InChI is InChI=1S/C22H36N5O9P.C2H4/c1-21(2,3)18(29)32-12-35-37(36-13-33-19(30)22(4,5)6)34-10-14(31-7)8-9-27-11-24-15-16(27)25-20(23)26-17(15)28;1-2/h11,14H,8-10,12-13H2,1-7H3,(H3,23,25,26,28);1-2H2. The number of carbonyl (C=O) groups excluding carboxylic acids is 2. The van der Waals surface area contributed by atoms with Crippen LogP contribution in [0, 0.1) is 10.8 Å². The number of hydrogen-bond donors (Lipinski definition) is 2. The number of carbonyl (C=O) groups is 2. The predicted octanol–water partition coefficient (Wildman–Crippen LogP) is 3.28. The van der Waals surface area contributed by atoms with Gasteiger partial charge in [0.2, 0.25) is 19.5 Å². The van der Waals surface area contributed by atoms with Crippen molar-refractivity contribution in [2.45, 2.75) is 60.6 Å². The molecule has 1 unspecified atom stereocenters. The van der Waals surface area contributed by atoms with Gasteiger partial charge >= 0.3 is 20.5 Å². The van der Waals surface area contributed by atoms with Crippen molar-refractivity contribution in [3.05, 3.63) is 29.8 Å². The molecule has 0 aliphatic heterocycles. The summed E-state index contributed by atoms with van der Waals surface area (Å²) in [6.07, 6.45) is 1.53. The number of esters is 2. The zero-order valence-electron chi connectivity index (χ0n) is 23.6. The second-order valence-electron chi connectivity index (χ2n) is 10.1. The molecule has 0 fully saturated rings. The number of ether oxygens (including phenoxy) is 3. The number of methoxy groups -OCH3 is 1. The number of nitrogens with two attached hydrogens (primary N) is 1. The molecule has 39 heavy (non-hydrogen) atoms. The number of rotatable bonds is 13. The van der Waals surface area contributed by atoms with Crippen LogP contribution in [0.25, 0.3) is 11.2 Å². The van der Waals surface area contributed by atoms with E-state index >= 15 is 0 Å². The summed E-state index contributed by atoms with van der Waals surface area (Å²) in [5.74, 6) is -0.931. The molecular formula is C24H40N5O9P. The number of imidazole rings is 1. The molecule has 0 saturated heterocycles. The van der Waals surface area contributed by atoms with Crippen LogP contribution in [0.2, 0.25) is 0 Å². The molecule has 2 aromatic rings. The third-order valence-corrected chi connectivity index (χ3v) is 5.80. The molecule has 0 amide bonds. The fourth-order valence-electron chi connectivity index (χ4n) is 2.62. The van der Waals surface area contributed by atoms with Crippen LogP contribution in [-0.2, 0) is 43.9 Å². The first kappa shape index (κ1) is 34.1. The molecule has 0 spiro atoms. The van der Waals surface area contributed by atoms with Crippen LogP contribution in [0.3, 0.4) is 0 Å². The van der Waals surface area contributed by atoms with Crippen molar-refractivity contribution >= 4 is 37.7 Å². The number of anilines is 1. The first-order chi connectivity index (χ1) is 18.2. The average molecular weight is 574 g/mol. The van der Waals surface area contributed by atoms with E-state index in [4.69, 9.17) is 33.5 Å². The first-order valence-corrected chi connectivity index (χ1v) is 13.1. The molecule has 0 aliphatic rings. The minimum atomic E-state index is -2.05.